The van der Waals surface area contributed by atoms with E-state index in [9.17, 15) is 0 Å². The van der Waals surface area contributed by atoms with Crippen LogP contribution in [-0.4, -0.2) is 16.6 Å². The second kappa shape index (κ2) is 3.72. The van der Waals surface area contributed by atoms with Crippen molar-refractivity contribution in [2.24, 2.45) is 0 Å². The summed E-state index contributed by atoms with van der Waals surface area (Å²) in [7, 11) is 0. The second-order valence-corrected chi connectivity index (χ2v) is 3.34. The zero-order valence-corrected chi connectivity index (χ0v) is 8.03. The van der Waals surface area contributed by atoms with Crippen molar-refractivity contribution in [2.75, 3.05) is 6.61 Å². The van der Waals surface area contributed by atoms with Crippen molar-refractivity contribution in [1.29, 1.82) is 5.26 Å². The lowest BCUT2D eigenvalue weighted by molar-refractivity contribution is 0.108. The monoisotopic (exact) mass is 189 g/mol. The minimum Gasteiger partial charge on any atom is -0.372 e. The molecule has 1 fully saturated rings. The van der Waals surface area contributed by atoms with Crippen molar-refractivity contribution in [1.82, 2.24) is 9.97 Å². The molecule has 0 unspecified atom stereocenters. The molecule has 0 N–H and O–H groups in total. The Hall–Kier alpha value is -1.47. The average Bonchev–Trinajstić information content (AvgIpc) is 2.69. The lowest BCUT2D eigenvalue weighted by atomic mass is 10.1. The van der Waals surface area contributed by atoms with Gasteiger partial charge in [-0.25, -0.2) is 9.97 Å². The number of hydrogen-bond acceptors (Lipinski definition) is 4. The van der Waals surface area contributed by atoms with Crippen LogP contribution in [-0.2, 0) is 4.74 Å². The molecule has 72 valence electrons. The molecular weight excluding hydrogens is 178 g/mol. The molecule has 2 heterocycles. The van der Waals surface area contributed by atoms with E-state index in [1.54, 1.807) is 13.0 Å². The molecule has 0 amide bonds. The largest absolute Gasteiger partial charge is 0.372 e. The van der Waals surface area contributed by atoms with Crippen LogP contribution in [0.25, 0.3) is 0 Å². The molecule has 0 radical (unpaired) electrons. The van der Waals surface area contributed by atoms with Gasteiger partial charge >= 0.3 is 0 Å². The van der Waals surface area contributed by atoms with Crippen LogP contribution in [0.15, 0.2) is 6.07 Å². The first kappa shape index (κ1) is 9.10. The topological polar surface area (TPSA) is 58.8 Å². The third kappa shape index (κ3) is 1.73. The number of aromatic nitrogens is 2. The lowest BCUT2D eigenvalue weighted by Gasteiger charge is -2.08. The van der Waals surface area contributed by atoms with Crippen molar-refractivity contribution in [2.45, 2.75) is 25.9 Å². The standard InChI is InChI=1S/C10H11N3O/c1-7-12-8(6-11)5-9(13-7)10-3-2-4-14-10/h5,10H,2-4H2,1H3/t10-/m0/s1. The van der Waals surface area contributed by atoms with E-state index in [4.69, 9.17) is 10.00 Å². The third-order valence-electron chi connectivity index (χ3n) is 2.23. The van der Waals surface area contributed by atoms with E-state index in [2.05, 4.69) is 9.97 Å². The molecule has 1 aromatic rings. The van der Waals surface area contributed by atoms with Gasteiger partial charge in [0.25, 0.3) is 0 Å². The molecule has 1 aliphatic rings. The number of nitrogens with zero attached hydrogens (tertiary/aromatic N) is 3. The number of ether oxygens (including phenoxy) is 1. The fourth-order valence-electron chi connectivity index (χ4n) is 1.62. The molecule has 4 nitrogen and oxygen atoms in total. The molecule has 4 heteroatoms. The normalized spacial score (nSPS) is 20.7. The lowest BCUT2D eigenvalue weighted by Crippen LogP contribution is -2.03. The molecule has 0 bridgehead atoms. The second-order valence-electron chi connectivity index (χ2n) is 3.34. The quantitative estimate of drug-likeness (QED) is 0.671. The summed E-state index contributed by atoms with van der Waals surface area (Å²) >= 11 is 0. The van der Waals surface area contributed by atoms with Crippen molar-refractivity contribution < 1.29 is 4.74 Å². The van der Waals surface area contributed by atoms with E-state index in [0.717, 1.165) is 25.1 Å². The highest BCUT2D eigenvalue weighted by atomic mass is 16.5. The van der Waals surface area contributed by atoms with E-state index < -0.39 is 0 Å². The Morgan fingerprint density at radius 2 is 2.43 bits per heavy atom. The van der Waals surface area contributed by atoms with E-state index in [-0.39, 0.29) is 6.10 Å². The summed E-state index contributed by atoms with van der Waals surface area (Å²) < 4.78 is 5.49. The minimum atomic E-state index is 0.0591. The third-order valence-corrected chi connectivity index (χ3v) is 2.23. The van der Waals surface area contributed by atoms with Crippen molar-refractivity contribution >= 4 is 0 Å². The Labute approximate surface area is 82.6 Å². The Bertz CT molecular complexity index is 377. The number of aryl methyl sites for hydroxylation is 1. The van der Waals surface area contributed by atoms with Crippen LogP contribution in [0.1, 0.15) is 36.2 Å². The van der Waals surface area contributed by atoms with E-state index in [1.165, 1.54) is 0 Å². The summed E-state index contributed by atoms with van der Waals surface area (Å²) in [4.78, 5) is 8.27. The Kier molecular flexibility index (Phi) is 2.42. The highest BCUT2D eigenvalue weighted by Gasteiger charge is 2.19. The van der Waals surface area contributed by atoms with Crippen LogP contribution >= 0.6 is 0 Å². The molecule has 0 aliphatic carbocycles. The van der Waals surface area contributed by atoms with Crippen molar-refractivity contribution in [3.63, 3.8) is 0 Å². The smallest absolute Gasteiger partial charge is 0.144 e. The predicted octanol–water partition coefficient (Wildman–Crippen LogP) is 1.51. The van der Waals surface area contributed by atoms with Gasteiger partial charge in [0.2, 0.25) is 0 Å². The van der Waals surface area contributed by atoms with Crippen LogP contribution in [0.2, 0.25) is 0 Å². The number of rotatable bonds is 1. The average molecular weight is 189 g/mol. The van der Waals surface area contributed by atoms with Crippen molar-refractivity contribution in [3.8, 4) is 6.07 Å². The van der Waals surface area contributed by atoms with Gasteiger partial charge in [-0.2, -0.15) is 5.26 Å². The fraction of sp³-hybridized carbons (Fsp3) is 0.500. The summed E-state index contributed by atoms with van der Waals surface area (Å²) in [5.74, 6) is 0.634. The van der Waals surface area contributed by atoms with E-state index in [0.29, 0.717) is 11.5 Å². The first-order chi connectivity index (χ1) is 6.79. The summed E-state index contributed by atoms with van der Waals surface area (Å²) in [6.07, 6.45) is 2.11. The fourth-order valence-corrected chi connectivity index (χ4v) is 1.62. The molecule has 0 saturated carbocycles. The molecule has 1 atom stereocenters. The summed E-state index contributed by atoms with van der Waals surface area (Å²) in [5, 5.41) is 8.75. The summed E-state index contributed by atoms with van der Waals surface area (Å²) in [5.41, 5.74) is 1.26. The molecule has 1 aliphatic heterocycles. The van der Waals surface area contributed by atoms with Gasteiger partial charge in [0.15, 0.2) is 0 Å². The highest BCUT2D eigenvalue weighted by Crippen LogP contribution is 2.27. The van der Waals surface area contributed by atoms with E-state index in [1.807, 2.05) is 6.07 Å². The summed E-state index contributed by atoms with van der Waals surface area (Å²) in [6.45, 7) is 2.58. The number of nitriles is 1. The minimum absolute atomic E-state index is 0.0591. The van der Waals surface area contributed by atoms with Gasteiger partial charge < -0.3 is 4.74 Å². The maximum atomic E-state index is 8.75. The van der Waals surface area contributed by atoms with Gasteiger partial charge in [0, 0.05) is 6.61 Å². The van der Waals surface area contributed by atoms with Gasteiger partial charge in [-0.15, -0.1) is 0 Å². The van der Waals surface area contributed by atoms with Crippen LogP contribution in [0.4, 0.5) is 0 Å². The highest BCUT2D eigenvalue weighted by molar-refractivity contribution is 5.24. The van der Waals surface area contributed by atoms with Gasteiger partial charge in [0.05, 0.1) is 11.8 Å². The van der Waals surface area contributed by atoms with Gasteiger partial charge in [0.1, 0.15) is 17.6 Å². The Morgan fingerprint density at radius 1 is 1.57 bits per heavy atom. The van der Waals surface area contributed by atoms with Gasteiger partial charge in [-0.1, -0.05) is 0 Å². The predicted molar refractivity (Wildman–Crippen MR) is 49.4 cm³/mol. The number of hydrogen-bond donors (Lipinski definition) is 0. The molecule has 0 aromatic carbocycles. The summed E-state index contributed by atoms with van der Waals surface area (Å²) in [6, 6.07) is 3.74. The first-order valence-electron chi connectivity index (χ1n) is 4.67. The molecule has 1 saturated heterocycles. The zero-order valence-electron chi connectivity index (χ0n) is 8.03. The molecular formula is C10H11N3O. The van der Waals surface area contributed by atoms with Crippen LogP contribution in [0.3, 0.4) is 0 Å². The van der Waals surface area contributed by atoms with Crippen molar-refractivity contribution in [3.05, 3.63) is 23.3 Å². The maximum Gasteiger partial charge on any atom is 0.144 e. The van der Waals surface area contributed by atoms with Crippen LogP contribution in [0.5, 0.6) is 0 Å². The molecule has 0 spiro atoms. The van der Waals surface area contributed by atoms with Gasteiger partial charge in [-0.05, 0) is 25.8 Å². The molecule has 1 aromatic heterocycles. The Balaban J connectivity index is 2.33. The maximum absolute atomic E-state index is 8.75. The first-order valence-corrected chi connectivity index (χ1v) is 4.67. The zero-order chi connectivity index (χ0) is 9.97. The van der Waals surface area contributed by atoms with E-state index >= 15 is 0 Å². The SMILES string of the molecule is Cc1nc(C#N)cc([C@@H]2CCCO2)n1. The van der Waals surface area contributed by atoms with Gasteiger partial charge in [-0.3, -0.25) is 0 Å². The van der Waals surface area contributed by atoms with Crippen LogP contribution < -0.4 is 0 Å². The Morgan fingerprint density at radius 3 is 3.07 bits per heavy atom. The molecule has 2 rings (SSSR count). The van der Waals surface area contributed by atoms with Crippen LogP contribution in [0, 0.1) is 18.3 Å². The molecule has 14 heavy (non-hydrogen) atoms.